The van der Waals surface area contributed by atoms with Crippen molar-refractivity contribution < 1.29 is 23.4 Å². The zero-order chi connectivity index (χ0) is 11.8. The van der Waals surface area contributed by atoms with Crippen LogP contribution >= 0.6 is 11.6 Å². The minimum atomic E-state index is -4.17. The number of hydrogen-bond acceptors (Lipinski definition) is 4. The molecule has 1 aromatic carbocycles. The van der Waals surface area contributed by atoms with E-state index in [1.807, 2.05) is 0 Å². The molecule has 1 rings (SSSR count). The topological polar surface area (TPSA) is 118 Å². The number of aromatic carboxylic acids is 1. The molecule has 0 unspecified atom stereocenters. The van der Waals surface area contributed by atoms with Gasteiger partial charge in [0.15, 0.2) is 0 Å². The second-order valence-corrected chi connectivity index (χ2v) is 4.57. The molecule has 0 radical (unpaired) electrons. The Labute approximate surface area is 90.0 Å². The van der Waals surface area contributed by atoms with Gasteiger partial charge in [-0.05, 0) is 12.1 Å². The third-order valence-electron chi connectivity index (χ3n) is 1.57. The van der Waals surface area contributed by atoms with Crippen LogP contribution in [0.3, 0.4) is 0 Å². The number of aromatic hydroxyl groups is 1. The lowest BCUT2D eigenvalue weighted by Gasteiger charge is -2.05. The van der Waals surface area contributed by atoms with E-state index >= 15 is 0 Å². The van der Waals surface area contributed by atoms with Gasteiger partial charge in [0.25, 0.3) is 0 Å². The number of carbonyl (C=O) groups is 1. The van der Waals surface area contributed by atoms with Gasteiger partial charge >= 0.3 is 5.97 Å². The molecule has 4 N–H and O–H groups in total. The first-order chi connectivity index (χ1) is 6.73. The maximum atomic E-state index is 11.0. The Kier molecular flexibility index (Phi) is 2.89. The third-order valence-corrected chi connectivity index (χ3v) is 3.02. The third kappa shape index (κ3) is 2.38. The van der Waals surface area contributed by atoms with Crippen molar-refractivity contribution >= 4 is 27.6 Å². The molecule has 1 aromatic rings. The van der Waals surface area contributed by atoms with Crippen molar-refractivity contribution in [1.29, 1.82) is 0 Å². The minimum absolute atomic E-state index is 0.416. The SMILES string of the molecule is NS(=O)(=O)c1cc(C(=O)O)cc(O)c1Cl. The molecular weight excluding hydrogens is 246 g/mol. The van der Waals surface area contributed by atoms with Crippen molar-refractivity contribution in [1.82, 2.24) is 0 Å². The lowest BCUT2D eigenvalue weighted by atomic mass is 10.2. The van der Waals surface area contributed by atoms with Crippen LogP contribution < -0.4 is 5.14 Å². The number of rotatable bonds is 2. The molecule has 8 heteroatoms. The normalized spacial score (nSPS) is 11.3. The number of hydrogen-bond donors (Lipinski definition) is 3. The van der Waals surface area contributed by atoms with E-state index in [4.69, 9.17) is 21.8 Å². The average molecular weight is 252 g/mol. The van der Waals surface area contributed by atoms with Crippen LogP contribution in [0.2, 0.25) is 5.02 Å². The van der Waals surface area contributed by atoms with Gasteiger partial charge < -0.3 is 10.2 Å². The molecule has 0 aliphatic rings. The maximum absolute atomic E-state index is 11.0. The first-order valence-electron chi connectivity index (χ1n) is 3.52. The van der Waals surface area contributed by atoms with E-state index in [2.05, 4.69) is 0 Å². The Morgan fingerprint density at radius 1 is 1.40 bits per heavy atom. The van der Waals surface area contributed by atoms with Gasteiger partial charge in [-0.25, -0.2) is 18.4 Å². The molecular formula is C7H6ClNO5S. The number of halogens is 1. The zero-order valence-corrected chi connectivity index (χ0v) is 8.71. The van der Waals surface area contributed by atoms with Crippen LogP contribution in [-0.2, 0) is 10.0 Å². The molecule has 0 aliphatic carbocycles. The molecule has 6 nitrogen and oxygen atoms in total. The lowest BCUT2D eigenvalue weighted by Crippen LogP contribution is -2.13. The van der Waals surface area contributed by atoms with Crippen LogP contribution in [0, 0.1) is 0 Å². The summed E-state index contributed by atoms with van der Waals surface area (Å²) in [6.45, 7) is 0. The standard InChI is InChI=1S/C7H6ClNO5S/c8-6-4(10)1-3(7(11)12)2-5(6)15(9,13)14/h1-2,10H,(H,11,12)(H2,9,13,14). The molecule has 15 heavy (non-hydrogen) atoms. The summed E-state index contributed by atoms with van der Waals surface area (Å²) >= 11 is 5.45. The van der Waals surface area contributed by atoms with Crippen LogP contribution in [0.25, 0.3) is 0 Å². The molecule has 0 amide bonds. The van der Waals surface area contributed by atoms with E-state index in [-0.39, 0.29) is 0 Å². The highest BCUT2D eigenvalue weighted by molar-refractivity contribution is 7.89. The van der Waals surface area contributed by atoms with Gasteiger partial charge in [0.1, 0.15) is 15.7 Å². The summed E-state index contributed by atoms with van der Waals surface area (Å²) in [7, 11) is -4.17. The summed E-state index contributed by atoms with van der Waals surface area (Å²) in [6.07, 6.45) is 0. The van der Waals surface area contributed by atoms with Crippen LogP contribution in [-0.4, -0.2) is 24.6 Å². The summed E-state index contributed by atoms with van der Waals surface area (Å²) in [5, 5.41) is 22.1. The Hall–Kier alpha value is -1.31. The summed E-state index contributed by atoms with van der Waals surface area (Å²) in [5.74, 6) is -2.05. The van der Waals surface area contributed by atoms with Crippen LogP contribution in [0.4, 0.5) is 0 Å². The minimum Gasteiger partial charge on any atom is -0.506 e. The van der Waals surface area contributed by atoms with E-state index < -0.39 is 37.2 Å². The molecule has 0 bridgehead atoms. The number of carboxylic acid groups (broad SMARTS) is 1. The van der Waals surface area contributed by atoms with Crippen LogP contribution in [0.1, 0.15) is 10.4 Å². The number of benzene rings is 1. The van der Waals surface area contributed by atoms with Gasteiger partial charge in [0.2, 0.25) is 10.0 Å². The number of carboxylic acids is 1. The Balaban J connectivity index is 3.59. The summed E-state index contributed by atoms with van der Waals surface area (Å²) in [5.41, 5.74) is -0.416. The van der Waals surface area contributed by atoms with Gasteiger partial charge in [-0.1, -0.05) is 11.6 Å². The van der Waals surface area contributed by atoms with Crippen molar-refractivity contribution in [3.8, 4) is 5.75 Å². The Bertz CT molecular complexity index is 524. The van der Waals surface area contributed by atoms with E-state index in [1.165, 1.54) is 0 Å². The predicted octanol–water partition coefficient (Wildman–Crippen LogP) is 0.391. The van der Waals surface area contributed by atoms with Crippen molar-refractivity contribution in [2.75, 3.05) is 0 Å². The summed E-state index contributed by atoms with van der Waals surface area (Å²) in [4.78, 5) is 9.93. The summed E-state index contributed by atoms with van der Waals surface area (Å²) < 4.78 is 21.9. The van der Waals surface area contributed by atoms with Crippen molar-refractivity contribution in [2.45, 2.75) is 4.90 Å². The highest BCUT2D eigenvalue weighted by Crippen LogP contribution is 2.31. The monoisotopic (exact) mass is 251 g/mol. The van der Waals surface area contributed by atoms with E-state index in [0.717, 1.165) is 12.1 Å². The first kappa shape index (κ1) is 11.8. The van der Waals surface area contributed by atoms with Crippen LogP contribution in [0.5, 0.6) is 5.75 Å². The molecule has 0 atom stereocenters. The Morgan fingerprint density at radius 2 is 1.93 bits per heavy atom. The van der Waals surface area contributed by atoms with Gasteiger partial charge in [-0.15, -0.1) is 0 Å². The number of sulfonamides is 1. The van der Waals surface area contributed by atoms with Crippen LogP contribution in [0.15, 0.2) is 17.0 Å². The van der Waals surface area contributed by atoms with Gasteiger partial charge in [0, 0.05) is 0 Å². The fraction of sp³-hybridized carbons (Fsp3) is 0. The van der Waals surface area contributed by atoms with E-state index in [1.54, 1.807) is 0 Å². The largest absolute Gasteiger partial charge is 0.506 e. The second kappa shape index (κ2) is 3.69. The average Bonchev–Trinajstić information content (AvgIpc) is 2.06. The summed E-state index contributed by atoms with van der Waals surface area (Å²) in [6, 6.07) is 1.61. The molecule has 0 saturated heterocycles. The fourth-order valence-corrected chi connectivity index (χ4v) is 1.99. The molecule has 0 aliphatic heterocycles. The predicted molar refractivity (Wildman–Crippen MR) is 51.4 cm³/mol. The molecule has 0 spiro atoms. The van der Waals surface area contributed by atoms with E-state index in [0.29, 0.717) is 0 Å². The van der Waals surface area contributed by atoms with Crippen molar-refractivity contribution in [3.05, 3.63) is 22.7 Å². The zero-order valence-electron chi connectivity index (χ0n) is 7.14. The Morgan fingerprint density at radius 3 is 2.33 bits per heavy atom. The second-order valence-electron chi connectivity index (χ2n) is 2.66. The number of primary sulfonamides is 1. The van der Waals surface area contributed by atoms with Crippen molar-refractivity contribution in [3.63, 3.8) is 0 Å². The number of phenols is 1. The maximum Gasteiger partial charge on any atom is 0.335 e. The van der Waals surface area contributed by atoms with Gasteiger partial charge in [-0.3, -0.25) is 0 Å². The van der Waals surface area contributed by atoms with Gasteiger partial charge in [0.05, 0.1) is 5.56 Å². The molecule has 0 aromatic heterocycles. The molecule has 0 saturated carbocycles. The smallest absolute Gasteiger partial charge is 0.335 e. The highest BCUT2D eigenvalue weighted by Gasteiger charge is 2.19. The first-order valence-corrected chi connectivity index (χ1v) is 5.44. The highest BCUT2D eigenvalue weighted by atomic mass is 35.5. The molecule has 0 fully saturated rings. The van der Waals surface area contributed by atoms with Crippen molar-refractivity contribution in [2.24, 2.45) is 5.14 Å². The van der Waals surface area contributed by atoms with Gasteiger partial charge in [-0.2, -0.15) is 0 Å². The quantitative estimate of drug-likeness (QED) is 0.703. The molecule has 0 heterocycles. The lowest BCUT2D eigenvalue weighted by molar-refractivity contribution is 0.0696. The number of phenolic OH excluding ortho intramolecular Hbond substituents is 1. The number of nitrogens with two attached hydrogens (primary N) is 1. The van der Waals surface area contributed by atoms with E-state index in [9.17, 15) is 18.3 Å². The fourth-order valence-electron chi connectivity index (χ4n) is 0.914. The molecule has 82 valence electrons.